The fourth-order valence-electron chi connectivity index (χ4n) is 1.23. The Morgan fingerprint density at radius 2 is 2.00 bits per heavy atom. The highest BCUT2D eigenvalue weighted by molar-refractivity contribution is 5.57. The number of nitrogen functional groups attached to an aromatic ring is 1. The molecule has 72 valence electrons. The van der Waals surface area contributed by atoms with Crippen LogP contribution >= 0.6 is 0 Å². The van der Waals surface area contributed by atoms with Crippen LogP contribution < -0.4 is 5.73 Å². The molecule has 0 aliphatic heterocycles. The number of nitrogens with zero attached hydrogens (tertiary/aromatic N) is 1. The fraction of sp³-hybridized carbons (Fsp3) is 0.182. The molecule has 2 N–H and O–H groups in total. The largest absolute Gasteiger partial charge is 0.444 e. The van der Waals surface area contributed by atoms with E-state index in [9.17, 15) is 0 Å². The molecule has 14 heavy (non-hydrogen) atoms. The lowest BCUT2D eigenvalue weighted by atomic mass is 10.2. The average Bonchev–Trinajstić information content (AvgIpc) is 2.67. The van der Waals surface area contributed by atoms with E-state index < -0.39 is 0 Å². The van der Waals surface area contributed by atoms with Crippen molar-refractivity contribution in [2.45, 2.75) is 13.3 Å². The van der Waals surface area contributed by atoms with E-state index >= 15 is 0 Å². The Morgan fingerprint density at radius 3 is 2.57 bits per heavy atom. The maximum absolute atomic E-state index is 5.59. The predicted octanol–water partition coefficient (Wildman–Crippen LogP) is 2.49. The van der Waals surface area contributed by atoms with Gasteiger partial charge < -0.3 is 10.2 Å². The highest BCUT2D eigenvalue weighted by Gasteiger charge is 2.04. The third-order valence-electron chi connectivity index (χ3n) is 2.07. The van der Waals surface area contributed by atoms with Gasteiger partial charge in [0.25, 0.3) is 0 Å². The highest BCUT2D eigenvalue weighted by atomic mass is 16.3. The second-order valence-corrected chi connectivity index (χ2v) is 3.12. The van der Waals surface area contributed by atoms with E-state index in [1.54, 1.807) is 6.26 Å². The molecule has 0 saturated heterocycles. The molecule has 0 bridgehead atoms. The maximum Gasteiger partial charge on any atom is 0.226 e. The first-order valence-electron chi connectivity index (χ1n) is 4.60. The van der Waals surface area contributed by atoms with Gasteiger partial charge in [0.15, 0.2) is 0 Å². The van der Waals surface area contributed by atoms with E-state index in [0.717, 1.165) is 23.4 Å². The quantitative estimate of drug-likeness (QED) is 0.736. The summed E-state index contributed by atoms with van der Waals surface area (Å²) in [4.78, 5) is 4.32. The summed E-state index contributed by atoms with van der Waals surface area (Å²) in [6.45, 7) is 2.05. The van der Waals surface area contributed by atoms with Crippen molar-refractivity contribution in [3.8, 4) is 11.5 Å². The molecule has 2 aromatic rings. The SMILES string of the molecule is CCc1coc(-c2ccc(N)cc2)n1. The Morgan fingerprint density at radius 1 is 1.29 bits per heavy atom. The van der Waals surface area contributed by atoms with Crippen molar-refractivity contribution < 1.29 is 4.42 Å². The Labute approximate surface area is 82.6 Å². The van der Waals surface area contributed by atoms with Crippen molar-refractivity contribution >= 4 is 5.69 Å². The molecule has 0 spiro atoms. The third-order valence-corrected chi connectivity index (χ3v) is 2.07. The van der Waals surface area contributed by atoms with E-state index in [1.165, 1.54) is 0 Å². The van der Waals surface area contributed by atoms with Gasteiger partial charge >= 0.3 is 0 Å². The minimum absolute atomic E-state index is 0.654. The lowest BCUT2D eigenvalue weighted by molar-refractivity contribution is 0.573. The van der Waals surface area contributed by atoms with E-state index in [1.807, 2.05) is 31.2 Å². The number of oxazole rings is 1. The van der Waals surface area contributed by atoms with E-state index in [-0.39, 0.29) is 0 Å². The Kier molecular flexibility index (Phi) is 2.23. The van der Waals surface area contributed by atoms with Crippen molar-refractivity contribution in [3.63, 3.8) is 0 Å². The number of anilines is 1. The van der Waals surface area contributed by atoms with Crippen LogP contribution in [0, 0.1) is 0 Å². The van der Waals surface area contributed by atoms with Gasteiger partial charge in [-0.3, -0.25) is 0 Å². The molecule has 0 fully saturated rings. The number of aryl methyl sites for hydroxylation is 1. The first-order valence-corrected chi connectivity index (χ1v) is 4.60. The van der Waals surface area contributed by atoms with Crippen LogP contribution in [0.5, 0.6) is 0 Å². The molecule has 0 unspecified atom stereocenters. The molecule has 0 saturated carbocycles. The summed E-state index contributed by atoms with van der Waals surface area (Å²) in [5, 5.41) is 0. The Bertz CT molecular complexity index is 417. The van der Waals surface area contributed by atoms with Crippen LogP contribution in [0.15, 0.2) is 34.9 Å². The fourth-order valence-corrected chi connectivity index (χ4v) is 1.23. The summed E-state index contributed by atoms with van der Waals surface area (Å²) in [5.41, 5.74) is 8.26. The summed E-state index contributed by atoms with van der Waals surface area (Å²) in [6, 6.07) is 7.48. The summed E-state index contributed by atoms with van der Waals surface area (Å²) in [7, 11) is 0. The number of hydrogen-bond donors (Lipinski definition) is 1. The highest BCUT2D eigenvalue weighted by Crippen LogP contribution is 2.19. The topological polar surface area (TPSA) is 52.0 Å². The maximum atomic E-state index is 5.59. The second kappa shape index (κ2) is 3.54. The Balaban J connectivity index is 2.34. The number of rotatable bonds is 2. The zero-order valence-electron chi connectivity index (χ0n) is 8.03. The van der Waals surface area contributed by atoms with Gasteiger partial charge in [0.1, 0.15) is 6.26 Å². The van der Waals surface area contributed by atoms with Crippen LogP contribution in [-0.2, 0) is 6.42 Å². The van der Waals surface area contributed by atoms with Crippen LogP contribution in [0.25, 0.3) is 11.5 Å². The Hall–Kier alpha value is -1.77. The molecule has 0 amide bonds. The summed E-state index contributed by atoms with van der Waals surface area (Å²) in [6.07, 6.45) is 2.57. The van der Waals surface area contributed by atoms with Gasteiger partial charge in [-0.15, -0.1) is 0 Å². The molecule has 0 aliphatic carbocycles. The standard InChI is InChI=1S/C11H12N2O/c1-2-10-7-14-11(13-10)8-3-5-9(12)6-4-8/h3-7H,2,12H2,1H3. The summed E-state index contributed by atoms with van der Waals surface area (Å²) in [5.74, 6) is 0.654. The van der Waals surface area contributed by atoms with Crippen molar-refractivity contribution in [3.05, 3.63) is 36.2 Å². The lowest BCUT2D eigenvalue weighted by Gasteiger charge is -1.95. The van der Waals surface area contributed by atoms with E-state index in [0.29, 0.717) is 5.89 Å². The smallest absolute Gasteiger partial charge is 0.226 e. The minimum atomic E-state index is 0.654. The van der Waals surface area contributed by atoms with Crippen LogP contribution in [-0.4, -0.2) is 4.98 Å². The van der Waals surface area contributed by atoms with E-state index in [4.69, 9.17) is 10.2 Å². The lowest BCUT2D eigenvalue weighted by Crippen LogP contribution is -1.84. The monoisotopic (exact) mass is 188 g/mol. The first-order chi connectivity index (χ1) is 6.79. The summed E-state index contributed by atoms with van der Waals surface area (Å²) < 4.78 is 5.33. The van der Waals surface area contributed by atoms with Gasteiger partial charge in [0.2, 0.25) is 5.89 Å². The van der Waals surface area contributed by atoms with Crippen molar-refractivity contribution in [2.75, 3.05) is 5.73 Å². The van der Waals surface area contributed by atoms with Crippen LogP contribution in [0.2, 0.25) is 0 Å². The summed E-state index contributed by atoms with van der Waals surface area (Å²) >= 11 is 0. The van der Waals surface area contributed by atoms with Gasteiger partial charge in [0, 0.05) is 11.3 Å². The number of hydrogen-bond acceptors (Lipinski definition) is 3. The molecular weight excluding hydrogens is 176 g/mol. The average molecular weight is 188 g/mol. The predicted molar refractivity (Wildman–Crippen MR) is 55.7 cm³/mol. The normalized spacial score (nSPS) is 10.4. The first kappa shape index (κ1) is 8.81. The number of nitrogens with two attached hydrogens (primary N) is 1. The van der Waals surface area contributed by atoms with Crippen molar-refractivity contribution in [2.24, 2.45) is 0 Å². The third kappa shape index (κ3) is 1.62. The van der Waals surface area contributed by atoms with Gasteiger partial charge in [-0.2, -0.15) is 0 Å². The van der Waals surface area contributed by atoms with Crippen molar-refractivity contribution in [1.29, 1.82) is 0 Å². The molecule has 2 rings (SSSR count). The van der Waals surface area contributed by atoms with Crippen LogP contribution in [0.1, 0.15) is 12.6 Å². The molecule has 1 aromatic heterocycles. The molecule has 0 radical (unpaired) electrons. The molecule has 0 atom stereocenters. The molecule has 1 aromatic carbocycles. The van der Waals surface area contributed by atoms with Gasteiger partial charge in [-0.1, -0.05) is 6.92 Å². The zero-order valence-corrected chi connectivity index (χ0v) is 8.03. The molecule has 1 heterocycles. The van der Waals surface area contributed by atoms with E-state index in [2.05, 4.69) is 4.98 Å². The number of aromatic nitrogens is 1. The van der Waals surface area contributed by atoms with Crippen LogP contribution in [0.3, 0.4) is 0 Å². The number of benzene rings is 1. The molecule has 3 heteroatoms. The molecule has 3 nitrogen and oxygen atoms in total. The minimum Gasteiger partial charge on any atom is -0.444 e. The molecular formula is C11H12N2O. The van der Waals surface area contributed by atoms with Gasteiger partial charge in [0.05, 0.1) is 5.69 Å². The zero-order chi connectivity index (χ0) is 9.97. The van der Waals surface area contributed by atoms with Gasteiger partial charge in [-0.25, -0.2) is 4.98 Å². The van der Waals surface area contributed by atoms with Crippen molar-refractivity contribution in [1.82, 2.24) is 4.98 Å². The van der Waals surface area contributed by atoms with Gasteiger partial charge in [-0.05, 0) is 30.7 Å². The molecule has 0 aliphatic rings. The van der Waals surface area contributed by atoms with Crippen LogP contribution in [0.4, 0.5) is 5.69 Å². The second-order valence-electron chi connectivity index (χ2n) is 3.12.